The van der Waals surface area contributed by atoms with E-state index >= 15 is 0 Å². The van der Waals surface area contributed by atoms with Crippen molar-refractivity contribution in [3.05, 3.63) is 17.9 Å². The number of carbonyl (C=O) groups is 1. The molecule has 2 heterocycles. The molecule has 0 N–H and O–H groups in total. The third-order valence-electron chi connectivity index (χ3n) is 3.49. The molecule has 0 atom stereocenters. The van der Waals surface area contributed by atoms with Crippen LogP contribution in [0.25, 0.3) is 0 Å². The molecule has 0 aromatic carbocycles. The Morgan fingerprint density at radius 2 is 1.95 bits per heavy atom. The molecule has 0 aliphatic carbocycles. The average molecular weight is 265 g/mol. The predicted octanol–water partition coefficient (Wildman–Crippen LogP) is 1.17. The van der Waals surface area contributed by atoms with Crippen LogP contribution in [-0.4, -0.2) is 68.9 Å². The molecule has 5 heteroatoms. The zero-order chi connectivity index (χ0) is 13.8. The van der Waals surface area contributed by atoms with Crippen LogP contribution >= 0.6 is 0 Å². The molecule has 5 nitrogen and oxygen atoms in total. The maximum absolute atomic E-state index is 11.2. The summed E-state index contributed by atoms with van der Waals surface area (Å²) < 4.78 is 5.57. The van der Waals surface area contributed by atoms with Gasteiger partial charge in [0.15, 0.2) is 17.4 Å². The number of furan rings is 1. The normalized spacial score (nSPS) is 17.2. The highest BCUT2D eigenvalue weighted by Gasteiger charge is 2.19. The fourth-order valence-electron chi connectivity index (χ4n) is 2.22. The van der Waals surface area contributed by atoms with Crippen molar-refractivity contribution in [3.63, 3.8) is 0 Å². The molecule has 106 valence electrons. The van der Waals surface area contributed by atoms with E-state index in [1.54, 1.807) is 6.07 Å². The van der Waals surface area contributed by atoms with Gasteiger partial charge in [-0.05, 0) is 20.2 Å². The van der Waals surface area contributed by atoms with Gasteiger partial charge < -0.3 is 14.2 Å². The number of carbonyl (C=O) groups excluding carboxylic acids is 1. The largest absolute Gasteiger partial charge is 0.437 e. The fraction of sp³-hybridized carbons (Fsp3) is 0.643. The molecule has 1 aromatic rings. The van der Waals surface area contributed by atoms with E-state index in [-0.39, 0.29) is 5.78 Å². The Hall–Kier alpha value is -1.33. The van der Waals surface area contributed by atoms with Crippen LogP contribution in [0.5, 0.6) is 0 Å². The minimum atomic E-state index is -0.0177. The van der Waals surface area contributed by atoms with Gasteiger partial charge in [0.2, 0.25) is 0 Å². The van der Waals surface area contributed by atoms with Gasteiger partial charge in [-0.25, -0.2) is 0 Å². The molecule has 0 saturated carbocycles. The van der Waals surface area contributed by atoms with E-state index in [2.05, 4.69) is 28.8 Å². The Morgan fingerprint density at radius 1 is 1.26 bits per heavy atom. The lowest BCUT2D eigenvalue weighted by Gasteiger charge is -2.35. The monoisotopic (exact) mass is 265 g/mol. The van der Waals surface area contributed by atoms with Gasteiger partial charge in [-0.3, -0.25) is 9.69 Å². The smallest absolute Gasteiger partial charge is 0.196 e. The molecule has 2 rings (SSSR count). The van der Waals surface area contributed by atoms with Gasteiger partial charge in [0, 0.05) is 52.3 Å². The van der Waals surface area contributed by atoms with Crippen LogP contribution in [0.2, 0.25) is 0 Å². The second kappa shape index (κ2) is 6.21. The molecule has 1 saturated heterocycles. The molecular formula is C14H23N3O2. The number of likely N-dealkylation sites (N-methyl/N-ethyl adjacent to an activating group) is 1. The molecule has 1 aliphatic rings. The molecule has 19 heavy (non-hydrogen) atoms. The van der Waals surface area contributed by atoms with Crippen LogP contribution in [0.1, 0.15) is 17.5 Å². The molecular weight excluding hydrogens is 242 g/mol. The highest BCUT2D eigenvalue weighted by Crippen LogP contribution is 2.20. The van der Waals surface area contributed by atoms with E-state index in [0.717, 1.165) is 45.2 Å². The fourth-order valence-corrected chi connectivity index (χ4v) is 2.22. The van der Waals surface area contributed by atoms with Crippen LogP contribution in [-0.2, 0) is 0 Å². The van der Waals surface area contributed by atoms with Gasteiger partial charge in [-0.2, -0.15) is 0 Å². The van der Waals surface area contributed by atoms with Crippen molar-refractivity contribution in [2.24, 2.45) is 0 Å². The van der Waals surface area contributed by atoms with E-state index in [1.807, 2.05) is 6.07 Å². The molecule has 0 amide bonds. The Labute approximate surface area is 114 Å². The van der Waals surface area contributed by atoms with Crippen LogP contribution in [0, 0.1) is 0 Å². The minimum Gasteiger partial charge on any atom is -0.437 e. The Balaban J connectivity index is 1.83. The van der Waals surface area contributed by atoms with Crippen LogP contribution in [0.4, 0.5) is 5.88 Å². The summed E-state index contributed by atoms with van der Waals surface area (Å²) in [5.74, 6) is 1.25. The van der Waals surface area contributed by atoms with Gasteiger partial charge in [-0.1, -0.05) is 0 Å². The summed E-state index contributed by atoms with van der Waals surface area (Å²) in [4.78, 5) is 18.1. The quantitative estimate of drug-likeness (QED) is 0.747. The van der Waals surface area contributed by atoms with Crippen molar-refractivity contribution in [3.8, 4) is 0 Å². The maximum atomic E-state index is 11.2. The highest BCUT2D eigenvalue weighted by molar-refractivity contribution is 5.91. The third kappa shape index (κ3) is 3.81. The second-order valence-corrected chi connectivity index (χ2v) is 5.33. The van der Waals surface area contributed by atoms with Gasteiger partial charge >= 0.3 is 0 Å². The zero-order valence-electron chi connectivity index (χ0n) is 12.1. The molecule has 0 spiro atoms. The summed E-state index contributed by atoms with van der Waals surface area (Å²) in [6.07, 6.45) is 0. The van der Waals surface area contributed by atoms with E-state index in [9.17, 15) is 4.79 Å². The molecule has 1 aromatic heterocycles. The molecule has 0 radical (unpaired) electrons. The molecule has 0 unspecified atom stereocenters. The summed E-state index contributed by atoms with van der Waals surface area (Å²) in [5, 5.41) is 0. The summed E-state index contributed by atoms with van der Waals surface area (Å²) in [6.45, 7) is 7.74. The molecule has 0 bridgehead atoms. The predicted molar refractivity (Wildman–Crippen MR) is 75.9 cm³/mol. The summed E-state index contributed by atoms with van der Waals surface area (Å²) >= 11 is 0. The summed E-state index contributed by atoms with van der Waals surface area (Å²) in [7, 11) is 4.20. The zero-order valence-corrected chi connectivity index (χ0v) is 12.1. The van der Waals surface area contributed by atoms with Crippen molar-refractivity contribution in [1.82, 2.24) is 9.80 Å². The number of ketones is 1. The second-order valence-electron chi connectivity index (χ2n) is 5.33. The van der Waals surface area contributed by atoms with Crippen molar-refractivity contribution in [2.45, 2.75) is 6.92 Å². The number of hydrogen-bond acceptors (Lipinski definition) is 5. The average Bonchev–Trinajstić information content (AvgIpc) is 2.86. The number of anilines is 1. The van der Waals surface area contributed by atoms with Crippen LogP contribution in [0.15, 0.2) is 16.5 Å². The van der Waals surface area contributed by atoms with Crippen molar-refractivity contribution < 1.29 is 9.21 Å². The van der Waals surface area contributed by atoms with Crippen molar-refractivity contribution >= 4 is 11.7 Å². The first-order valence-corrected chi connectivity index (χ1v) is 6.79. The summed E-state index contributed by atoms with van der Waals surface area (Å²) in [6, 6.07) is 3.66. The SMILES string of the molecule is CC(=O)c1ccc(N2CCN(CCN(C)C)CC2)o1. The summed E-state index contributed by atoms with van der Waals surface area (Å²) in [5.41, 5.74) is 0. The van der Waals surface area contributed by atoms with Crippen LogP contribution in [0.3, 0.4) is 0 Å². The minimum absolute atomic E-state index is 0.0177. The van der Waals surface area contributed by atoms with Gasteiger partial charge in [0.25, 0.3) is 0 Å². The van der Waals surface area contributed by atoms with Gasteiger partial charge in [0.05, 0.1) is 0 Å². The molecule has 1 fully saturated rings. The third-order valence-corrected chi connectivity index (χ3v) is 3.49. The van der Waals surface area contributed by atoms with E-state index in [1.165, 1.54) is 6.92 Å². The lowest BCUT2D eigenvalue weighted by atomic mass is 10.3. The number of nitrogens with zero attached hydrogens (tertiary/aromatic N) is 3. The van der Waals surface area contributed by atoms with Crippen molar-refractivity contribution in [2.75, 3.05) is 58.3 Å². The Kier molecular flexibility index (Phi) is 4.61. The van der Waals surface area contributed by atoms with E-state index in [0.29, 0.717) is 5.76 Å². The number of Topliss-reactive ketones (excluding diaryl/α,β-unsaturated/α-hetero) is 1. The van der Waals surface area contributed by atoms with Crippen LogP contribution < -0.4 is 4.90 Å². The lowest BCUT2D eigenvalue weighted by Crippen LogP contribution is -2.48. The van der Waals surface area contributed by atoms with Gasteiger partial charge in [0.1, 0.15) is 0 Å². The van der Waals surface area contributed by atoms with E-state index in [4.69, 9.17) is 4.42 Å². The topological polar surface area (TPSA) is 39.9 Å². The van der Waals surface area contributed by atoms with Crippen molar-refractivity contribution in [1.29, 1.82) is 0 Å². The maximum Gasteiger partial charge on any atom is 0.196 e. The molecule has 1 aliphatic heterocycles. The highest BCUT2D eigenvalue weighted by atomic mass is 16.4. The first-order valence-electron chi connectivity index (χ1n) is 6.79. The Bertz CT molecular complexity index is 420. The standard InChI is InChI=1S/C14H23N3O2/c1-12(18)13-4-5-14(19-13)17-10-8-16(9-11-17)7-6-15(2)3/h4-5H,6-11H2,1-3H3. The van der Waals surface area contributed by atoms with Gasteiger partial charge in [-0.15, -0.1) is 0 Å². The van der Waals surface area contributed by atoms with E-state index < -0.39 is 0 Å². The number of piperazine rings is 1. The number of hydrogen-bond donors (Lipinski definition) is 0. The lowest BCUT2D eigenvalue weighted by molar-refractivity contribution is 0.0987. The Morgan fingerprint density at radius 3 is 2.47 bits per heavy atom. The first-order chi connectivity index (χ1) is 9.06. The first kappa shape index (κ1) is 14.1. The number of rotatable bonds is 5.